The number of rotatable bonds is 2. The van der Waals surface area contributed by atoms with Crippen LogP contribution in [0.3, 0.4) is 0 Å². The molecule has 4 nitrogen and oxygen atoms in total. The van der Waals surface area contributed by atoms with E-state index in [9.17, 15) is 4.79 Å². The largest absolute Gasteiger partial charge is 0.370 e. The molecule has 0 unspecified atom stereocenters. The van der Waals surface area contributed by atoms with Gasteiger partial charge in [0, 0.05) is 13.1 Å². The maximum absolute atomic E-state index is 11.5. The minimum Gasteiger partial charge on any atom is -0.370 e. The number of nitrogens with zero attached hydrogens (tertiary/aromatic N) is 2. The first-order chi connectivity index (χ1) is 7.79. The van der Waals surface area contributed by atoms with E-state index in [0.29, 0.717) is 25.3 Å². The van der Waals surface area contributed by atoms with Gasteiger partial charge in [-0.1, -0.05) is 12.1 Å². The van der Waals surface area contributed by atoms with Crippen LogP contribution in [0.5, 0.6) is 0 Å². The summed E-state index contributed by atoms with van der Waals surface area (Å²) in [6, 6.07) is 9.40. The van der Waals surface area contributed by atoms with Crippen LogP contribution in [0.15, 0.2) is 24.3 Å². The van der Waals surface area contributed by atoms with E-state index >= 15 is 0 Å². The van der Waals surface area contributed by atoms with Crippen molar-refractivity contribution in [3.63, 3.8) is 0 Å². The van der Waals surface area contributed by atoms with Crippen molar-refractivity contribution in [2.45, 2.75) is 6.54 Å². The summed E-state index contributed by atoms with van der Waals surface area (Å²) in [7, 11) is 0. The molecule has 0 bridgehead atoms. The first-order valence-electron chi connectivity index (χ1n) is 5.14. The third-order valence-corrected chi connectivity index (χ3v) is 2.51. The standard InChI is InChI=1S/C12H12N2O2/c13-7-10-2-1-3-11(6-10)8-14-4-5-16-9-12(14)15/h1-3,6H,4-5,8-9H2. The third kappa shape index (κ3) is 2.38. The van der Waals surface area contributed by atoms with Crippen molar-refractivity contribution in [1.29, 1.82) is 5.26 Å². The van der Waals surface area contributed by atoms with E-state index in [4.69, 9.17) is 10.00 Å². The molecule has 1 fully saturated rings. The molecule has 1 aliphatic rings. The van der Waals surface area contributed by atoms with E-state index in [1.54, 1.807) is 11.0 Å². The number of amides is 1. The molecule has 2 rings (SSSR count). The summed E-state index contributed by atoms with van der Waals surface area (Å²) in [5.41, 5.74) is 1.60. The summed E-state index contributed by atoms with van der Waals surface area (Å²) in [5, 5.41) is 8.77. The highest BCUT2D eigenvalue weighted by atomic mass is 16.5. The lowest BCUT2D eigenvalue weighted by molar-refractivity contribution is -0.143. The molecule has 0 saturated carbocycles. The monoisotopic (exact) mass is 216 g/mol. The van der Waals surface area contributed by atoms with Crippen LogP contribution in [-0.2, 0) is 16.1 Å². The highest BCUT2D eigenvalue weighted by Crippen LogP contribution is 2.09. The predicted octanol–water partition coefficient (Wildman–Crippen LogP) is 0.917. The molecule has 0 aliphatic carbocycles. The van der Waals surface area contributed by atoms with E-state index in [1.807, 2.05) is 18.2 Å². The average Bonchev–Trinajstić information content (AvgIpc) is 2.32. The topological polar surface area (TPSA) is 53.3 Å². The van der Waals surface area contributed by atoms with E-state index in [1.165, 1.54) is 0 Å². The van der Waals surface area contributed by atoms with Gasteiger partial charge in [0.2, 0.25) is 5.91 Å². The minimum absolute atomic E-state index is 0.00797. The Balaban J connectivity index is 2.08. The lowest BCUT2D eigenvalue weighted by Crippen LogP contribution is -2.40. The van der Waals surface area contributed by atoms with Crippen LogP contribution < -0.4 is 0 Å². The van der Waals surface area contributed by atoms with Crippen LogP contribution in [0.2, 0.25) is 0 Å². The Bertz CT molecular complexity index is 437. The van der Waals surface area contributed by atoms with Gasteiger partial charge < -0.3 is 9.64 Å². The summed E-state index contributed by atoms with van der Waals surface area (Å²) in [6.45, 7) is 1.93. The van der Waals surface area contributed by atoms with Gasteiger partial charge in [-0.05, 0) is 17.7 Å². The van der Waals surface area contributed by atoms with Crippen LogP contribution in [0.4, 0.5) is 0 Å². The number of ether oxygens (including phenoxy) is 1. The predicted molar refractivity (Wildman–Crippen MR) is 57.4 cm³/mol. The zero-order valence-corrected chi connectivity index (χ0v) is 8.85. The van der Waals surface area contributed by atoms with Crippen molar-refractivity contribution < 1.29 is 9.53 Å². The second-order valence-electron chi connectivity index (χ2n) is 3.68. The van der Waals surface area contributed by atoms with Crippen molar-refractivity contribution in [2.75, 3.05) is 19.8 Å². The summed E-state index contributed by atoms with van der Waals surface area (Å²) in [5.74, 6) is 0.00797. The molecular weight excluding hydrogens is 204 g/mol. The number of hydrogen-bond donors (Lipinski definition) is 0. The van der Waals surface area contributed by atoms with Gasteiger partial charge in [-0.25, -0.2) is 0 Å². The van der Waals surface area contributed by atoms with Crippen LogP contribution in [0.25, 0.3) is 0 Å². The van der Waals surface area contributed by atoms with Crippen molar-refractivity contribution >= 4 is 5.91 Å². The third-order valence-electron chi connectivity index (χ3n) is 2.51. The quantitative estimate of drug-likeness (QED) is 0.738. The zero-order valence-electron chi connectivity index (χ0n) is 8.85. The molecule has 82 valence electrons. The fraction of sp³-hybridized carbons (Fsp3) is 0.333. The molecule has 16 heavy (non-hydrogen) atoms. The molecule has 1 saturated heterocycles. The molecule has 0 aromatic heterocycles. The molecule has 0 radical (unpaired) electrons. The minimum atomic E-state index is 0.00797. The molecule has 0 spiro atoms. The fourth-order valence-corrected chi connectivity index (χ4v) is 1.68. The van der Waals surface area contributed by atoms with Crippen LogP contribution in [0, 0.1) is 11.3 Å². The Hall–Kier alpha value is -1.86. The van der Waals surface area contributed by atoms with Gasteiger partial charge in [0.15, 0.2) is 0 Å². The molecule has 1 heterocycles. The van der Waals surface area contributed by atoms with Gasteiger partial charge >= 0.3 is 0 Å². The van der Waals surface area contributed by atoms with Crippen LogP contribution >= 0.6 is 0 Å². The Morgan fingerprint density at radius 2 is 2.38 bits per heavy atom. The second kappa shape index (κ2) is 4.77. The number of nitriles is 1. The Kier molecular flexibility index (Phi) is 3.18. The number of morpholine rings is 1. The molecular formula is C12H12N2O2. The second-order valence-corrected chi connectivity index (χ2v) is 3.68. The van der Waals surface area contributed by atoms with Gasteiger partial charge in [-0.15, -0.1) is 0 Å². The average molecular weight is 216 g/mol. The normalized spacial score (nSPS) is 15.9. The summed E-state index contributed by atoms with van der Waals surface area (Å²) >= 11 is 0. The van der Waals surface area contributed by atoms with Crippen molar-refractivity contribution in [2.24, 2.45) is 0 Å². The van der Waals surface area contributed by atoms with Crippen molar-refractivity contribution in [3.8, 4) is 6.07 Å². The molecule has 1 amide bonds. The maximum atomic E-state index is 11.5. The lowest BCUT2D eigenvalue weighted by Gasteiger charge is -2.26. The highest BCUT2D eigenvalue weighted by Gasteiger charge is 2.18. The number of hydrogen-bond acceptors (Lipinski definition) is 3. The fourth-order valence-electron chi connectivity index (χ4n) is 1.68. The summed E-state index contributed by atoms with van der Waals surface area (Å²) < 4.78 is 5.05. The van der Waals surface area contributed by atoms with Gasteiger partial charge in [-0.2, -0.15) is 5.26 Å². The molecule has 1 aliphatic heterocycles. The Morgan fingerprint density at radius 3 is 3.12 bits per heavy atom. The number of carbonyl (C=O) groups excluding carboxylic acids is 1. The van der Waals surface area contributed by atoms with Crippen molar-refractivity contribution in [3.05, 3.63) is 35.4 Å². The van der Waals surface area contributed by atoms with Crippen molar-refractivity contribution in [1.82, 2.24) is 4.90 Å². The van der Waals surface area contributed by atoms with Gasteiger partial charge in [0.05, 0.1) is 18.2 Å². The molecule has 1 aromatic carbocycles. The molecule has 0 N–H and O–H groups in total. The van der Waals surface area contributed by atoms with E-state index < -0.39 is 0 Å². The highest BCUT2D eigenvalue weighted by molar-refractivity contribution is 5.78. The number of benzene rings is 1. The van der Waals surface area contributed by atoms with Crippen LogP contribution in [0.1, 0.15) is 11.1 Å². The first kappa shape index (κ1) is 10.7. The lowest BCUT2D eigenvalue weighted by atomic mass is 10.1. The van der Waals surface area contributed by atoms with E-state index in [-0.39, 0.29) is 12.5 Å². The van der Waals surface area contributed by atoms with E-state index in [2.05, 4.69) is 6.07 Å². The maximum Gasteiger partial charge on any atom is 0.248 e. The van der Waals surface area contributed by atoms with Gasteiger partial charge in [-0.3, -0.25) is 4.79 Å². The molecule has 0 atom stereocenters. The first-order valence-corrected chi connectivity index (χ1v) is 5.14. The Morgan fingerprint density at radius 1 is 1.50 bits per heavy atom. The number of carbonyl (C=O) groups is 1. The molecule has 1 aromatic rings. The van der Waals surface area contributed by atoms with Crippen LogP contribution in [-0.4, -0.2) is 30.6 Å². The SMILES string of the molecule is N#Cc1cccc(CN2CCOCC2=O)c1. The summed E-state index contributed by atoms with van der Waals surface area (Å²) in [4.78, 5) is 13.2. The van der Waals surface area contributed by atoms with E-state index in [0.717, 1.165) is 5.56 Å². The molecule has 4 heteroatoms. The van der Waals surface area contributed by atoms with Gasteiger partial charge in [0.1, 0.15) is 6.61 Å². The zero-order chi connectivity index (χ0) is 11.4. The smallest absolute Gasteiger partial charge is 0.248 e. The Labute approximate surface area is 94.0 Å². The summed E-state index contributed by atoms with van der Waals surface area (Å²) in [6.07, 6.45) is 0. The van der Waals surface area contributed by atoms with Gasteiger partial charge in [0.25, 0.3) is 0 Å².